The van der Waals surface area contributed by atoms with E-state index in [1.165, 1.54) is 11.1 Å². The molecule has 0 fully saturated rings. The van der Waals surface area contributed by atoms with Gasteiger partial charge in [0.2, 0.25) is 0 Å². The van der Waals surface area contributed by atoms with Crippen molar-refractivity contribution in [2.75, 3.05) is 0 Å². The van der Waals surface area contributed by atoms with E-state index in [0.717, 1.165) is 12.0 Å². The fraction of sp³-hybridized carbons (Fsp3) is 0.200. The molecule has 2 heteroatoms. The van der Waals surface area contributed by atoms with Gasteiger partial charge in [-0.1, -0.05) is 30.3 Å². The van der Waals surface area contributed by atoms with E-state index < -0.39 is 0 Å². The summed E-state index contributed by atoms with van der Waals surface area (Å²) < 4.78 is 0. The average Bonchev–Trinajstić information content (AvgIpc) is 2.38. The summed E-state index contributed by atoms with van der Waals surface area (Å²) in [6.07, 6.45) is 4.98. The van der Waals surface area contributed by atoms with Crippen molar-refractivity contribution in [3.05, 3.63) is 54.4 Å². The second kappa shape index (κ2) is 5.39. The number of aryl methyl sites for hydroxylation is 1. The molecular formula is C15H15NO. The van der Waals surface area contributed by atoms with Gasteiger partial charge < -0.3 is 4.79 Å². The van der Waals surface area contributed by atoms with Gasteiger partial charge in [0.05, 0.1) is 0 Å². The first kappa shape index (κ1) is 11.5. The maximum Gasteiger partial charge on any atom is 0.130 e. The molecule has 2 aromatic rings. The molecule has 0 aliphatic rings. The maximum absolute atomic E-state index is 11.0. The Balaban J connectivity index is 2.31. The van der Waals surface area contributed by atoms with Crippen LogP contribution < -0.4 is 0 Å². The van der Waals surface area contributed by atoms with Crippen LogP contribution in [0.5, 0.6) is 0 Å². The molecule has 0 saturated carbocycles. The van der Waals surface area contributed by atoms with Crippen molar-refractivity contribution in [3.8, 4) is 11.1 Å². The molecule has 17 heavy (non-hydrogen) atoms. The number of carbonyl (C=O) groups excluding carboxylic acids is 1. The quantitative estimate of drug-likeness (QED) is 0.799. The van der Waals surface area contributed by atoms with E-state index in [-0.39, 0.29) is 5.78 Å². The first-order valence-electron chi connectivity index (χ1n) is 5.75. The highest BCUT2D eigenvalue weighted by molar-refractivity contribution is 5.76. The smallest absolute Gasteiger partial charge is 0.130 e. The van der Waals surface area contributed by atoms with Gasteiger partial charge in [-0.3, -0.25) is 4.98 Å². The Bertz CT molecular complexity index is 505. The number of carbonyl (C=O) groups is 1. The van der Waals surface area contributed by atoms with E-state index in [0.29, 0.717) is 6.42 Å². The van der Waals surface area contributed by atoms with E-state index in [4.69, 9.17) is 0 Å². The number of hydrogen-bond donors (Lipinski definition) is 0. The van der Waals surface area contributed by atoms with E-state index >= 15 is 0 Å². The number of ketones is 1. The number of Topliss-reactive ketones (excluding diaryl/α,β-unsaturated/α-hetero) is 1. The molecule has 1 aromatic heterocycles. The molecule has 2 nitrogen and oxygen atoms in total. The van der Waals surface area contributed by atoms with Crippen molar-refractivity contribution in [2.45, 2.75) is 19.8 Å². The summed E-state index contributed by atoms with van der Waals surface area (Å²) in [6, 6.07) is 12.2. The van der Waals surface area contributed by atoms with Crippen LogP contribution in [-0.2, 0) is 11.2 Å². The molecule has 2 rings (SSSR count). The summed E-state index contributed by atoms with van der Waals surface area (Å²) in [5.41, 5.74) is 3.48. The molecule has 0 radical (unpaired) electrons. The molecule has 0 spiro atoms. The molecule has 1 aromatic carbocycles. The Labute approximate surface area is 101 Å². The lowest BCUT2D eigenvalue weighted by molar-refractivity contribution is -0.116. The lowest BCUT2D eigenvalue weighted by Crippen LogP contribution is -1.97. The lowest BCUT2D eigenvalue weighted by atomic mass is 9.98. The van der Waals surface area contributed by atoms with Gasteiger partial charge in [-0.2, -0.15) is 0 Å². The van der Waals surface area contributed by atoms with Crippen LogP contribution in [0.2, 0.25) is 0 Å². The van der Waals surface area contributed by atoms with Crippen molar-refractivity contribution in [1.29, 1.82) is 0 Å². The number of nitrogens with zero attached hydrogens (tertiary/aromatic N) is 1. The summed E-state index contributed by atoms with van der Waals surface area (Å²) >= 11 is 0. The number of benzene rings is 1. The molecule has 0 atom stereocenters. The minimum Gasteiger partial charge on any atom is -0.300 e. The zero-order valence-corrected chi connectivity index (χ0v) is 9.89. The second-order valence-electron chi connectivity index (χ2n) is 4.10. The predicted molar refractivity (Wildman–Crippen MR) is 68.7 cm³/mol. The number of hydrogen-bond acceptors (Lipinski definition) is 2. The van der Waals surface area contributed by atoms with Gasteiger partial charge in [-0.25, -0.2) is 0 Å². The van der Waals surface area contributed by atoms with E-state index in [9.17, 15) is 4.79 Å². The fourth-order valence-corrected chi connectivity index (χ4v) is 1.84. The van der Waals surface area contributed by atoms with Crippen molar-refractivity contribution in [3.63, 3.8) is 0 Å². The Hall–Kier alpha value is -1.96. The summed E-state index contributed by atoms with van der Waals surface area (Å²) in [6.45, 7) is 1.62. The molecule has 0 aliphatic heterocycles. The van der Waals surface area contributed by atoms with Crippen LogP contribution in [0.1, 0.15) is 18.9 Å². The van der Waals surface area contributed by atoms with Crippen LogP contribution in [-0.4, -0.2) is 10.8 Å². The van der Waals surface area contributed by atoms with Crippen molar-refractivity contribution in [2.24, 2.45) is 0 Å². The van der Waals surface area contributed by atoms with E-state index in [1.54, 1.807) is 13.1 Å². The molecule has 1 heterocycles. The van der Waals surface area contributed by atoms with Gasteiger partial charge in [0.25, 0.3) is 0 Å². The van der Waals surface area contributed by atoms with Gasteiger partial charge in [-0.05, 0) is 36.1 Å². The molecule has 0 saturated heterocycles. The summed E-state index contributed by atoms with van der Waals surface area (Å²) in [4.78, 5) is 15.2. The van der Waals surface area contributed by atoms with Gasteiger partial charge in [0, 0.05) is 18.8 Å². The van der Waals surface area contributed by atoms with Crippen LogP contribution in [0.4, 0.5) is 0 Å². The maximum atomic E-state index is 11.0. The van der Waals surface area contributed by atoms with E-state index in [1.807, 2.05) is 30.5 Å². The zero-order valence-electron chi connectivity index (χ0n) is 9.89. The monoisotopic (exact) mass is 225 g/mol. The Morgan fingerprint density at radius 1 is 1.18 bits per heavy atom. The second-order valence-corrected chi connectivity index (χ2v) is 4.10. The Morgan fingerprint density at radius 2 is 1.94 bits per heavy atom. The summed E-state index contributed by atoms with van der Waals surface area (Å²) in [7, 11) is 0. The number of pyridine rings is 1. The van der Waals surface area contributed by atoms with Crippen LogP contribution in [0.15, 0.2) is 48.8 Å². The summed E-state index contributed by atoms with van der Waals surface area (Å²) in [5.74, 6) is 0.216. The first-order valence-corrected chi connectivity index (χ1v) is 5.75. The molecule has 0 N–H and O–H groups in total. The molecule has 0 aliphatic carbocycles. The number of rotatable bonds is 4. The minimum absolute atomic E-state index is 0.216. The third-order valence-corrected chi connectivity index (χ3v) is 2.73. The van der Waals surface area contributed by atoms with Crippen molar-refractivity contribution < 1.29 is 4.79 Å². The normalized spacial score (nSPS) is 10.2. The van der Waals surface area contributed by atoms with Gasteiger partial charge in [0.15, 0.2) is 0 Å². The van der Waals surface area contributed by atoms with Crippen LogP contribution in [0.3, 0.4) is 0 Å². The average molecular weight is 225 g/mol. The molecule has 0 unspecified atom stereocenters. The van der Waals surface area contributed by atoms with Crippen LogP contribution in [0, 0.1) is 0 Å². The zero-order chi connectivity index (χ0) is 12.1. The third-order valence-electron chi connectivity index (χ3n) is 2.73. The Kier molecular flexibility index (Phi) is 3.66. The van der Waals surface area contributed by atoms with Crippen LogP contribution in [0.25, 0.3) is 11.1 Å². The molecule has 0 amide bonds. The van der Waals surface area contributed by atoms with E-state index in [2.05, 4.69) is 17.1 Å². The van der Waals surface area contributed by atoms with Crippen molar-refractivity contribution in [1.82, 2.24) is 4.98 Å². The Morgan fingerprint density at radius 3 is 2.65 bits per heavy atom. The van der Waals surface area contributed by atoms with Gasteiger partial charge in [-0.15, -0.1) is 0 Å². The minimum atomic E-state index is 0.216. The topological polar surface area (TPSA) is 30.0 Å². The predicted octanol–water partition coefficient (Wildman–Crippen LogP) is 3.27. The highest BCUT2D eigenvalue weighted by Crippen LogP contribution is 2.23. The van der Waals surface area contributed by atoms with Crippen molar-refractivity contribution >= 4 is 5.78 Å². The largest absolute Gasteiger partial charge is 0.300 e. The highest BCUT2D eigenvalue weighted by Gasteiger charge is 2.05. The summed E-state index contributed by atoms with van der Waals surface area (Å²) in [5, 5.41) is 0. The molecule has 0 bridgehead atoms. The lowest BCUT2D eigenvalue weighted by Gasteiger charge is -2.08. The third kappa shape index (κ3) is 3.00. The van der Waals surface area contributed by atoms with Crippen LogP contribution >= 0.6 is 0 Å². The SMILES string of the molecule is CC(=O)CCc1cnccc1-c1ccccc1. The molecular weight excluding hydrogens is 210 g/mol. The fourth-order valence-electron chi connectivity index (χ4n) is 1.84. The standard InChI is InChI=1S/C15H15NO/c1-12(17)7-8-14-11-16-10-9-15(14)13-5-3-2-4-6-13/h2-6,9-11H,7-8H2,1H3. The molecule has 86 valence electrons. The number of aromatic nitrogens is 1. The van der Waals surface area contributed by atoms with Gasteiger partial charge in [0.1, 0.15) is 5.78 Å². The first-order chi connectivity index (χ1) is 8.27. The highest BCUT2D eigenvalue weighted by atomic mass is 16.1. The van der Waals surface area contributed by atoms with Gasteiger partial charge >= 0.3 is 0 Å².